The van der Waals surface area contributed by atoms with Crippen molar-refractivity contribution in [3.05, 3.63) is 33.8 Å². The van der Waals surface area contributed by atoms with Gasteiger partial charge in [0.2, 0.25) is 0 Å². The molecule has 0 saturated heterocycles. The van der Waals surface area contributed by atoms with E-state index >= 15 is 0 Å². The third-order valence-electron chi connectivity index (χ3n) is 2.59. The van der Waals surface area contributed by atoms with Gasteiger partial charge in [0.25, 0.3) is 0 Å². The Labute approximate surface area is 141 Å². The minimum absolute atomic E-state index is 0.193. The second-order valence-corrected chi connectivity index (χ2v) is 5.92. The number of hydrogen-bond donors (Lipinski definition) is 0. The van der Waals surface area contributed by atoms with Crippen molar-refractivity contribution in [3.63, 3.8) is 0 Å². The number of ether oxygens (including phenoxy) is 2. The SMILES string of the molecule is CC(C)=NOCCOc1c(C)cc(OCC=C(Cl)Cl)cc1C. The van der Waals surface area contributed by atoms with Crippen molar-refractivity contribution in [1.29, 1.82) is 0 Å². The van der Waals surface area contributed by atoms with E-state index in [2.05, 4.69) is 5.16 Å². The molecule has 1 aromatic rings. The van der Waals surface area contributed by atoms with Crippen LogP contribution in [0.4, 0.5) is 0 Å². The van der Waals surface area contributed by atoms with Crippen molar-refractivity contribution < 1.29 is 14.3 Å². The number of hydrogen-bond acceptors (Lipinski definition) is 4. The van der Waals surface area contributed by atoms with E-state index in [1.165, 1.54) is 0 Å². The molecule has 0 saturated carbocycles. The summed E-state index contributed by atoms with van der Waals surface area (Å²) in [5.74, 6) is 1.58. The lowest BCUT2D eigenvalue weighted by Gasteiger charge is -2.14. The van der Waals surface area contributed by atoms with Gasteiger partial charge in [0.15, 0.2) is 6.61 Å². The smallest absolute Gasteiger partial charge is 0.151 e. The summed E-state index contributed by atoms with van der Waals surface area (Å²) in [6.07, 6.45) is 1.59. The summed E-state index contributed by atoms with van der Waals surface area (Å²) in [5, 5.41) is 3.85. The molecular weight excluding hydrogens is 325 g/mol. The van der Waals surface area contributed by atoms with Gasteiger partial charge in [-0.05, 0) is 57.0 Å². The highest BCUT2D eigenvalue weighted by molar-refractivity contribution is 6.55. The first-order valence-corrected chi connectivity index (χ1v) is 7.67. The Hall–Kier alpha value is -1.39. The molecule has 4 nitrogen and oxygen atoms in total. The zero-order valence-corrected chi connectivity index (χ0v) is 14.8. The van der Waals surface area contributed by atoms with Crippen LogP contribution in [0.1, 0.15) is 25.0 Å². The van der Waals surface area contributed by atoms with Gasteiger partial charge in [-0.3, -0.25) is 0 Å². The number of oxime groups is 1. The molecule has 0 fully saturated rings. The van der Waals surface area contributed by atoms with Crippen molar-refractivity contribution in [3.8, 4) is 11.5 Å². The average molecular weight is 346 g/mol. The van der Waals surface area contributed by atoms with Gasteiger partial charge in [-0.25, -0.2) is 0 Å². The second-order valence-electron chi connectivity index (χ2n) is 4.91. The summed E-state index contributed by atoms with van der Waals surface area (Å²) in [4.78, 5) is 5.10. The predicted molar refractivity (Wildman–Crippen MR) is 91.4 cm³/mol. The number of halogens is 2. The van der Waals surface area contributed by atoms with E-state index in [-0.39, 0.29) is 4.49 Å². The van der Waals surface area contributed by atoms with Gasteiger partial charge in [0.1, 0.15) is 29.2 Å². The summed E-state index contributed by atoms with van der Waals surface area (Å²) in [6.45, 7) is 8.85. The first-order valence-electron chi connectivity index (χ1n) is 6.91. The number of aryl methyl sites for hydroxylation is 2. The van der Waals surface area contributed by atoms with Gasteiger partial charge in [-0.1, -0.05) is 28.4 Å². The van der Waals surface area contributed by atoms with Crippen molar-refractivity contribution in [2.24, 2.45) is 5.16 Å². The lowest BCUT2D eigenvalue weighted by molar-refractivity contribution is 0.106. The lowest BCUT2D eigenvalue weighted by Crippen LogP contribution is -2.07. The van der Waals surface area contributed by atoms with Crippen LogP contribution in [0.5, 0.6) is 11.5 Å². The van der Waals surface area contributed by atoms with Gasteiger partial charge >= 0.3 is 0 Å². The van der Waals surface area contributed by atoms with E-state index in [0.29, 0.717) is 19.8 Å². The third kappa shape index (κ3) is 7.05. The van der Waals surface area contributed by atoms with Gasteiger partial charge < -0.3 is 14.3 Å². The zero-order valence-electron chi connectivity index (χ0n) is 13.3. The standard InChI is InChI=1S/C16H21Cl2NO3/c1-11(2)19-22-8-7-21-16-12(3)9-14(10-13(16)4)20-6-5-15(17)18/h5,9-10H,6-8H2,1-4H3. The maximum absolute atomic E-state index is 5.74. The van der Waals surface area contributed by atoms with E-state index in [4.69, 9.17) is 37.5 Å². The average Bonchev–Trinajstić information content (AvgIpc) is 2.40. The molecular formula is C16H21Cl2NO3. The van der Waals surface area contributed by atoms with Crippen LogP contribution in [-0.4, -0.2) is 25.5 Å². The van der Waals surface area contributed by atoms with E-state index in [9.17, 15) is 0 Å². The van der Waals surface area contributed by atoms with Crippen molar-refractivity contribution >= 4 is 28.9 Å². The molecule has 0 amide bonds. The Morgan fingerprint density at radius 2 is 1.73 bits per heavy atom. The number of nitrogens with zero attached hydrogens (tertiary/aromatic N) is 1. The maximum Gasteiger partial charge on any atom is 0.151 e. The fourth-order valence-corrected chi connectivity index (χ4v) is 1.90. The second kappa shape index (κ2) is 9.59. The first-order chi connectivity index (χ1) is 10.4. The summed E-state index contributed by atoms with van der Waals surface area (Å²) in [7, 11) is 0. The lowest BCUT2D eigenvalue weighted by atomic mass is 10.1. The van der Waals surface area contributed by atoms with Gasteiger partial charge in [-0.2, -0.15) is 0 Å². The molecule has 0 aromatic heterocycles. The van der Waals surface area contributed by atoms with Gasteiger partial charge in [-0.15, -0.1) is 0 Å². The van der Waals surface area contributed by atoms with Crippen LogP contribution in [0.25, 0.3) is 0 Å². The zero-order chi connectivity index (χ0) is 16.5. The van der Waals surface area contributed by atoms with Crippen LogP contribution in [0.3, 0.4) is 0 Å². The Morgan fingerprint density at radius 1 is 1.09 bits per heavy atom. The number of benzene rings is 1. The molecule has 1 aromatic carbocycles. The monoisotopic (exact) mass is 345 g/mol. The highest BCUT2D eigenvalue weighted by atomic mass is 35.5. The Kier molecular flexibility index (Phi) is 8.13. The Balaban J connectivity index is 2.58. The normalized spacial score (nSPS) is 9.91. The first kappa shape index (κ1) is 18.7. The number of rotatable bonds is 8. The molecule has 0 aliphatic rings. The largest absolute Gasteiger partial charge is 0.489 e. The van der Waals surface area contributed by atoms with E-state index in [0.717, 1.165) is 28.3 Å². The Morgan fingerprint density at radius 3 is 2.27 bits per heavy atom. The molecule has 1 rings (SSSR count). The highest BCUT2D eigenvalue weighted by Gasteiger charge is 2.07. The van der Waals surface area contributed by atoms with Gasteiger partial charge in [0.05, 0.1) is 5.71 Å². The van der Waals surface area contributed by atoms with Crippen LogP contribution in [0.2, 0.25) is 0 Å². The van der Waals surface area contributed by atoms with Crippen LogP contribution in [0, 0.1) is 13.8 Å². The van der Waals surface area contributed by atoms with Crippen molar-refractivity contribution in [2.75, 3.05) is 19.8 Å². The molecule has 0 unspecified atom stereocenters. The minimum atomic E-state index is 0.193. The van der Waals surface area contributed by atoms with Crippen LogP contribution in [0.15, 0.2) is 27.9 Å². The molecule has 0 aliphatic carbocycles. The topological polar surface area (TPSA) is 40.0 Å². The molecule has 0 spiro atoms. The maximum atomic E-state index is 5.74. The summed E-state index contributed by atoms with van der Waals surface area (Å²) in [5.41, 5.74) is 2.86. The van der Waals surface area contributed by atoms with Crippen LogP contribution in [-0.2, 0) is 4.84 Å². The summed E-state index contributed by atoms with van der Waals surface area (Å²) in [6, 6.07) is 3.82. The van der Waals surface area contributed by atoms with E-state index in [1.807, 2.05) is 39.8 Å². The molecule has 122 valence electrons. The summed E-state index contributed by atoms with van der Waals surface area (Å²) < 4.78 is 11.5. The van der Waals surface area contributed by atoms with Crippen LogP contribution < -0.4 is 9.47 Å². The molecule has 0 heterocycles. The minimum Gasteiger partial charge on any atom is -0.489 e. The van der Waals surface area contributed by atoms with E-state index < -0.39 is 0 Å². The highest BCUT2D eigenvalue weighted by Crippen LogP contribution is 2.28. The van der Waals surface area contributed by atoms with Crippen LogP contribution >= 0.6 is 23.2 Å². The molecule has 0 aliphatic heterocycles. The molecule has 0 bridgehead atoms. The van der Waals surface area contributed by atoms with Gasteiger partial charge in [0, 0.05) is 0 Å². The summed E-state index contributed by atoms with van der Waals surface area (Å²) >= 11 is 11.1. The van der Waals surface area contributed by atoms with Crippen molar-refractivity contribution in [2.45, 2.75) is 27.7 Å². The molecule has 0 radical (unpaired) electrons. The molecule has 22 heavy (non-hydrogen) atoms. The molecule has 6 heteroatoms. The fraction of sp³-hybridized carbons (Fsp3) is 0.438. The quantitative estimate of drug-likeness (QED) is 0.386. The Bertz CT molecular complexity index is 525. The predicted octanol–water partition coefficient (Wildman–Crippen LogP) is 4.79. The fourth-order valence-electron chi connectivity index (χ4n) is 1.78. The van der Waals surface area contributed by atoms with E-state index in [1.54, 1.807) is 6.08 Å². The third-order valence-corrected chi connectivity index (χ3v) is 2.90. The molecule has 0 atom stereocenters. The molecule has 0 N–H and O–H groups in total. The van der Waals surface area contributed by atoms with Crippen molar-refractivity contribution in [1.82, 2.24) is 0 Å².